The summed E-state index contributed by atoms with van der Waals surface area (Å²) in [5, 5.41) is 11.7. The summed E-state index contributed by atoms with van der Waals surface area (Å²) in [4.78, 5) is 9.52. The zero-order valence-electron chi connectivity index (χ0n) is 51.3. The topological polar surface area (TPSA) is 50.9 Å². The van der Waals surface area contributed by atoms with Crippen molar-refractivity contribution in [2.45, 2.75) is 72.9 Å². The minimum absolute atomic E-state index is 0. The van der Waals surface area contributed by atoms with Crippen LogP contribution in [0.25, 0.3) is 72.7 Å². The molecule has 0 atom stereocenters. The van der Waals surface area contributed by atoms with Gasteiger partial charge in [-0.1, -0.05) is 137 Å². The number of aromatic nitrogens is 3. The quantitative estimate of drug-likeness (QED) is 0.169. The van der Waals surface area contributed by atoms with Crippen molar-refractivity contribution >= 4 is 11.0 Å². The van der Waals surface area contributed by atoms with Gasteiger partial charge in [-0.2, -0.15) is 0 Å². The number of rotatable bonds is 6. The fraction of sp³-hybridized carbons (Fsp3) is 0.208. The van der Waals surface area contributed by atoms with Crippen LogP contribution in [0.3, 0.4) is 0 Å². The number of fused-ring (bicyclic) bond motifs is 1. The maximum atomic E-state index is 11.7. The van der Waals surface area contributed by atoms with Crippen LogP contribution < -0.4 is 0 Å². The van der Waals surface area contributed by atoms with Crippen LogP contribution in [-0.2, 0) is 31.9 Å². The Morgan fingerprint density at radius 3 is 2.17 bits per heavy atom. The number of phenols is 1. The minimum Gasteiger partial charge on any atom is -0.507 e. The molecular formula is C53H50N3OPt-. The summed E-state index contributed by atoms with van der Waals surface area (Å²) < 4.78 is 165. The largest absolute Gasteiger partial charge is 0.507 e. The number of aryl methyl sites for hydroxylation is 3. The second-order valence-electron chi connectivity index (χ2n) is 15.2. The fourth-order valence-corrected chi connectivity index (χ4v) is 6.90. The molecule has 0 spiro atoms. The molecule has 6 aromatic carbocycles. The van der Waals surface area contributed by atoms with Crippen LogP contribution in [0.4, 0.5) is 0 Å². The molecular weight excluding hydrogens is 890 g/mol. The Labute approximate surface area is 384 Å². The van der Waals surface area contributed by atoms with E-state index in [1.807, 2.05) is 70.2 Å². The number of phenolic OH excluding ortho intramolecular Hbond substituents is 1. The van der Waals surface area contributed by atoms with Crippen LogP contribution in [0, 0.1) is 26.8 Å². The number of imidazole rings is 1. The molecule has 0 aliphatic carbocycles. The Bertz CT molecular complexity index is 3580. The second-order valence-corrected chi connectivity index (χ2v) is 15.2. The zero-order chi connectivity index (χ0) is 56.3. The van der Waals surface area contributed by atoms with Crippen molar-refractivity contribution in [3.8, 4) is 67.5 Å². The molecule has 1 N–H and O–H groups in total. The Hall–Kier alpha value is -5.57. The molecule has 8 rings (SSSR count). The molecule has 2 heterocycles. The number of benzene rings is 6. The van der Waals surface area contributed by atoms with Gasteiger partial charge < -0.3 is 5.11 Å². The van der Waals surface area contributed by atoms with E-state index in [0.29, 0.717) is 55.7 Å². The zero-order valence-corrected chi connectivity index (χ0v) is 34.5. The first kappa shape index (κ1) is 23.1. The summed E-state index contributed by atoms with van der Waals surface area (Å²) >= 11 is 0. The van der Waals surface area contributed by atoms with Crippen molar-refractivity contribution < 1.29 is 52.2 Å². The predicted octanol–water partition coefficient (Wildman–Crippen LogP) is 13.8. The van der Waals surface area contributed by atoms with Gasteiger partial charge in [-0.15, -0.1) is 29.3 Å². The first-order valence-electron chi connectivity index (χ1n) is 27.7. The van der Waals surface area contributed by atoms with E-state index in [9.17, 15) is 6.48 Å². The summed E-state index contributed by atoms with van der Waals surface area (Å²) in [5.74, 6) is 0.216. The number of nitrogens with zero attached hydrogens (tertiary/aromatic N) is 3. The van der Waals surface area contributed by atoms with Crippen molar-refractivity contribution in [2.24, 2.45) is 0 Å². The molecule has 0 aliphatic heterocycles. The van der Waals surface area contributed by atoms with Gasteiger partial charge in [0.2, 0.25) is 0 Å². The van der Waals surface area contributed by atoms with Gasteiger partial charge in [-0.25, -0.2) is 4.98 Å². The van der Waals surface area contributed by atoms with Crippen LogP contribution in [0.5, 0.6) is 5.75 Å². The molecule has 4 nitrogen and oxygen atoms in total. The smallest absolute Gasteiger partial charge is 0.148 e. The van der Waals surface area contributed by atoms with Gasteiger partial charge in [0.05, 0.1) is 26.2 Å². The van der Waals surface area contributed by atoms with Gasteiger partial charge in [0.15, 0.2) is 0 Å². The first-order valence-corrected chi connectivity index (χ1v) is 18.2. The second kappa shape index (κ2) is 15.6. The number of hydrogen-bond acceptors (Lipinski definition) is 3. The monoisotopic (exact) mass is 958 g/mol. The van der Waals surface area contributed by atoms with E-state index in [1.54, 1.807) is 60.0 Å². The van der Waals surface area contributed by atoms with Gasteiger partial charge in [0.1, 0.15) is 11.6 Å². The van der Waals surface area contributed by atoms with Crippen LogP contribution in [0.2, 0.25) is 0 Å². The van der Waals surface area contributed by atoms with E-state index in [0.717, 1.165) is 5.56 Å². The van der Waals surface area contributed by atoms with E-state index >= 15 is 0 Å². The van der Waals surface area contributed by atoms with Crippen LogP contribution in [0.1, 0.15) is 95.2 Å². The third kappa shape index (κ3) is 7.83. The van der Waals surface area contributed by atoms with Crippen LogP contribution in [-0.4, -0.2) is 19.6 Å². The van der Waals surface area contributed by atoms with Gasteiger partial charge >= 0.3 is 0 Å². The summed E-state index contributed by atoms with van der Waals surface area (Å²) in [7, 11) is 0. The SMILES string of the molecule is [2H]c1nc(-c2[c-]c(-c3cccc4c3nc(-c3cc(C)cc(C)c3O)n4-c3ccc(-c4ccccc4)c(C([2H])([2H])[2H])c3)cc(C(C)(C)C)c2)c([2H])c(-c2c([2H])c([2H])c(C(C([2H])([2H])[2H])(C([2H])([2H])[2H])C([2H])([2H])[2H])c([2H])c2[2H])c1[2H].[Pt]. The molecule has 8 aromatic rings. The fourth-order valence-electron chi connectivity index (χ4n) is 6.90. The molecule has 2 aromatic heterocycles. The molecule has 0 saturated heterocycles. The molecule has 0 fully saturated rings. The molecule has 0 bridgehead atoms. The standard InChI is InChI=1S/C53H50N3O.Pt/c1-33-26-35(3)50(57)46(27-33)51-55-49-45(16-13-17-48(49)56(51)43-22-23-44(34(2)28-43)37-14-11-10-12-15-37)39-29-40(31-42(30-39)53(7,8)9)47-32-38(24-25-54-47)36-18-20-41(21-19-36)52(4,5)6;/h10-28,30-32,57H,1-9H3;/q-1;/i2D3,4D3,5D3,6D3,18D,19D,20D,21D,24D,25D,32D;. The van der Waals surface area contributed by atoms with Crippen molar-refractivity contribution in [3.05, 3.63) is 167 Å². The first-order chi connectivity index (χ1) is 35.0. The third-order valence-corrected chi connectivity index (χ3v) is 9.84. The maximum absolute atomic E-state index is 11.7. The molecule has 294 valence electrons. The Balaban J connectivity index is 0.00000861. The number of hydrogen-bond donors (Lipinski definition) is 1. The van der Waals surface area contributed by atoms with Crippen LogP contribution in [0.15, 0.2) is 133 Å². The van der Waals surface area contributed by atoms with Crippen molar-refractivity contribution in [1.29, 1.82) is 0 Å². The van der Waals surface area contributed by atoms with Gasteiger partial charge in [0, 0.05) is 55.1 Å². The number of para-hydroxylation sites is 1. The molecule has 0 unspecified atom stereocenters. The summed E-state index contributed by atoms with van der Waals surface area (Å²) in [6.07, 6.45) is -0.784. The van der Waals surface area contributed by atoms with E-state index in [1.165, 1.54) is 0 Å². The Morgan fingerprint density at radius 1 is 0.690 bits per heavy atom. The minimum atomic E-state index is -3.94. The molecule has 58 heavy (non-hydrogen) atoms. The summed E-state index contributed by atoms with van der Waals surface area (Å²) in [6, 6.07) is 23.4. The maximum Gasteiger partial charge on any atom is 0.148 e. The van der Waals surface area contributed by atoms with E-state index in [4.69, 9.17) is 29.7 Å². The van der Waals surface area contributed by atoms with Gasteiger partial charge in [-0.05, 0) is 106 Å². The molecule has 5 heteroatoms. The van der Waals surface area contributed by atoms with Gasteiger partial charge in [0.25, 0.3) is 0 Å². The molecule has 0 radical (unpaired) electrons. The Morgan fingerprint density at radius 2 is 1.45 bits per heavy atom. The van der Waals surface area contributed by atoms with Crippen LogP contribution >= 0.6 is 0 Å². The predicted molar refractivity (Wildman–Crippen MR) is 238 cm³/mol. The normalized spacial score (nSPS) is 17.4. The van der Waals surface area contributed by atoms with Gasteiger partial charge in [-0.3, -0.25) is 9.55 Å². The van der Waals surface area contributed by atoms with Crippen molar-refractivity contribution in [1.82, 2.24) is 14.5 Å². The van der Waals surface area contributed by atoms with Crippen molar-refractivity contribution in [3.63, 3.8) is 0 Å². The van der Waals surface area contributed by atoms with E-state index in [2.05, 4.69) is 11.1 Å². The summed E-state index contributed by atoms with van der Waals surface area (Å²) in [6.45, 7) is -5.01. The number of aromatic hydroxyl groups is 1. The number of pyridine rings is 1. The summed E-state index contributed by atoms with van der Waals surface area (Å²) in [5.41, 5.74) is -1.90. The molecule has 0 amide bonds. The van der Waals surface area contributed by atoms with E-state index in [-0.39, 0.29) is 49.5 Å². The molecule has 0 aliphatic rings. The average Bonchev–Trinajstić information content (AvgIpc) is 3.77. The Kier molecular flexibility index (Phi) is 6.24. The van der Waals surface area contributed by atoms with E-state index < -0.39 is 97.4 Å². The third-order valence-electron chi connectivity index (χ3n) is 9.84. The average molecular weight is 959 g/mol. The molecule has 0 saturated carbocycles. The van der Waals surface area contributed by atoms with Crippen molar-refractivity contribution in [2.75, 3.05) is 0 Å².